The lowest BCUT2D eigenvalue weighted by Crippen LogP contribution is -2.03. The fourth-order valence-electron chi connectivity index (χ4n) is 1.79. The van der Waals surface area contributed by atoms with E-state index in [1.54, 1.807) is 48.5 Å². The summed E-state index contributed by atoms with van der Waals surface area (Å²) in [7, 11) is 1.33. The third kappa shape index (κ3) is 2.92. The number of hydrogen-bond acceptors (Lipinski definition) is 4. The molecule has 2 aromatic carbocycles. The van der Waals surface area contributed by atoms with E-state index in [4.69, 9.17) is 5.73 Å². The molecular weight excluding hydrogens is 242 g/mol. The molecule has 1 unspecified atom stereocenters. The number of anilines is 1. The average molecular weight is 257 g/mol. The molecule has 0 aliphatic heterocycles. The van der Waals surface area contributed by atoms with Gasteiger partial charge in [-0.25, -0.2) is 4.79 Å². The van der Waals surface area contributed by atoms with Crippen molar-refractivity contribution in [2.24, 2.45) is 0 Å². The number of nitrogen functional groups attached to an aromatic ring is 1. The minimum Gasteiger partial charge on any atom is -0.465 e. The molecule has 4 nitrogen and oxygen atoms in total. The van der Waals surface area contributed by atoms with Gasteiger partial charge in [0, 0.05) is 5.69 Å². The standard InChI is InChI=1S/C15H15NO3/c1-19-15(18)12-4-2-10(3-5-12)14(17)11-6-8-13(16)9-7-11/h2-9,14,17H,16H2,1H3. The Morgan fingerprint density at radius 2 is 1.53 bits per heavy atom. The van der Waals surface area contributed by atoms with Crippen molar-refractivity contribution < 1.29 is 14.6 Å². The summed E-state index contributed by atoms with van der Waals surface area (Å²) in [6, 6.07) is 13.7. The van der Waals surface area contributed by atoms with Crippen LogP contribution in [0.2, 0.25) is 0 Å². The van der Waals surface area contributed by atoms with Crippen molar-refractivity contribution in [3.05, 3.63) is 65.2 Å². The first-order chi connectivity index (χ1) is 9.11. The lowest BCUT2D eigenvalue weighted by molar-refractivity contribution is 0.0600. The van der Waals surface area contributed by atoms with E-state index in [0.717, 1.165) is 5.56 Å². The third-order valence-electron chi connectivity index (χ3n) is 2.90. The molecule has 0 heterocycles. The molecule has 0 radical (unpaired) electrons. The summed E-state index contributed by atoms with van der Waals surface area (Å²) < 4.78 is 4.62. The van der Waals surface area contributed by atoms with E-state index in [-0.39, 0.29) is 0 Å². The molecule has 19 heavy (non-hydrogen) atoms. The summed E-state index contributed by atoms with van der Waals surface area (Å²) in [5, 5.41) is 10.2. The van der Waals surface area contributed by atoms with Gasteiger partial charge in [-0.2, -0.15) is 0 Å². The van der Waals surface area contributed by atoms with Crippen molar-refractivity contribution in [1.82, 2.24) is 0 Å². The number of hydrogen-bond donors (Lipinski definition) is 2. The molecule has 1 atom stereocenters. The molecule has 0 saturated carbocycles. The van der Waals surface area contributed by atoms with Gasteiger partial charge in [0.2, 0.25) is 0 Å². The van der Waals surface area contributed by atoms with Crippen LogP contribution in [0.5, 0.6) is 0 Å². The Morgan fingerprint density at radius 1 is 1.05 bits per heavy atom. The van der Waals surface area contributed by atoms with Crippen LogP contribution in [-0.4, -0.2) is 18.2 Å². The number of ether oxygens (including phenoxy) is 1. The Bertz CT molecular complexity index is 561. The highest BCUT2D eigenvalue weighted by molar-refractivity contribution is 5.89. The number of rotatable bonds is 3. The van der Waals surface area contributed by atoms with Gasteiger partial charge < -0.3 is 15.6 Å². The quantitative estimate of drug-likeness (QED) is 0.652. The summed E-state index contributed by atoms with van der Waals surface area (Å²) in [6.07, 6.45) is -0.743. The Hall–Kier alpha value is -2.33. The van der Waals surface area contributed by atoms with Gasteiger partial charge in [-0.1, -0.05) is 24.3 Å². The van der Waals surface area contributed by atoms with Gasteiger partial charge in [0.1, 0.15) is 6.10 Å². The summed E-state index contributed by atoms with van der Waals surface area (Å²) in [5.41, 5.74) is 8.16. The van der Waals surface area contributed by atoms with Crippen LogP contribution in [0.1, 0.15) is 27.6 Å². The number of carbonyl (C=O) groups is 1. The molecule has 0 bridgehead atoms. The van der Waals surface area contributed by atoms with Crippen molar-refractivity contribution in [3.8, 4) is 0 Å². The van der Waals surface area contributed by atoms with E-state index in [9.17, 15) is 9.90 Å². The van der Waals surface area contributed by atoms with E-state index >= 15 is 0 Å². The summed E-state index contributed by atoms with van der Waals surface area (Å²) >= 11 is 0. The Kier molecular flexibility index (Phi) is 3.82. The number of carbonyl (C=O) groups excluding carboxylic acids is 1. The number of aliphatic hydroxyl groups excluding tert-OH is 1. The van der Waals surface area contributed by atoms with Gasteiger partial charge >= 0.3 is 5.97 Å². The van der Waals surface area contributed by atoms with Crippen molar-refractivity contribution >= 4 is 11.7 Å². The molecule has 0 fully saturated rings. The largest absolute Gasteiger partial charge is 0.465 e. The Labute approximate surface area is 111 Å². The monoisotopic (exact) mass is 257 g/mol. The third-order valence-corrected chi connectivity index (χ3v) is 2.90. The molecule has 2 aromatic rings. The van der Waals surface area contributed by atoms with Crippen molar-refractivity contribution in [3.63, 3.8) is 0 Å². The molecule has 4 heteroatoms. The first-order valence-corrected chi connectivity index (χ1v) is 5.83. The highest BCUT2D eigenvalue weighted by Gasteiger charge is 2.11. The van der Waals surface area contributed by atoms with E-state index in [2.05, 4.69) is 4.74 Å². The number of nitrogens with two attached hydrogens (primary N) is 1. The summed E-state index contributed by atoms with van der Waals surface area (Å²) in [4.78, 5) is 11.3. The molecule has 3 N–H and O–H groups in total. The van der Waals surface area contributed by atoms with E-state index in [0.29, 0.717) is 16.8 Å². The van der Waals surface area contributed by atoms with Crippen LogP contribution in [0.3, 0.4) is 0 Å². The molecule has 0 saturated heterocycles. The predicted molar refractivity (Wildman–Crippen MR) is 72.7 cm³/mol. The first kappa shape index (κ1) is 13.1. The number of aliphatic hydroxyl groups is 1. The highest BCUT2D eigenvalue weighted by atomic mass is 16.5. The van der Waals surface area contributed by atoms with Gasteiger partial charge in [0.15, 0.2) is 0 Å². The molecule has 0 aliphatic rings. The molecule has 0 spiro atoms. The Morgan fingerprint density at radius 3 is 2.00 bits per heavy atom. The fraction of sp³-hybridized carbons (Fsp3) is 0.133. The van der Waals surface area contributed by atoms with E-state index < -0.39 is 12.1 Å². The van der Waals surface area contributed by atoms with E-state index in [1.807, 2.05) is 0 Å². The zero-order valence-corrected chi connectivity index (χ0v) is 10.5. The molecule has 0 amide bonds. The fourth-order valence-corrected chi connectivity index (χ4v) is 1.79. The maximum Gasteiger partial charge on any atom is 0.337 e. The van der Waals surface area contributed by atoms with E-state index in [1.165, 1.54) is 7.11 Å². The van der Waals surface area contributed by atoms with Crippen LogP contribution in [0, 0.1) is 0 Å². The minimum absolute atomic E-state index is 0.395. The molecular formula is C15H15NO3. The summed E-state index contributed by atoms with van der Waals surface area (Å²) in [5.74, 6) is -0.395. The van der Waals surface area contributed by atoms with Gasteiger partial charge in [-0.15, -0.1) is 0 Å². The number of esters is 1. The molecule has 0 aliphatic carbocycles. The highest BCUT2D eigenvalue weighted by Crippen LogP contribution is 2.23. The van der Waals surface area contributed by atoms with Gasteiger partial charge in [0.25, 0.3) is 0 Å². The van der Waals surface area contributed by atoms with Crippen LogP contribution in [0.4, 0.5) is 5.69 Å². The van der Waals surface area contributed by atoms with Gasteiger partial charge in [-0.3, -0.25) is 0 Å². The van der Waals surface area contributed by atoms with Crippen molar-refractivity contribution in [2.75, 3.05) is 12.8 Å². The van der Waals surface area contributed by atoms with Crippen molar-refractivity contribution in [1.29, 1.82) is 0 Å². The SMILES string of the molecule is COC(=O)c1ccc(C(O)c2ccc(N)cc2)cc1. The second kappa shape index (κ2) is 5.54. The Balaban J connectivity index is 2.22. The van der Waals surface area contributed by atoms with Gasteiger partial charge in [-0.05, 0) is 35.4 Å². The molecule has 98 valence electrons. The lowest BCUT2D eigenvalue weighted by atomic mass is 10.0. The second-order valence-electron chi connectivity index (χ2n) is 4.18. The van der Waals surface area contributed by atoms with Crippen LogP contribution in [0.15, 0.2) is 48.5 Å². The lowest BCUT2D eigenvalue weighted by Gasteiger charge is -2.12. The normalized spacial score (nSPS) is 11.9. The maximum atomic E-state index is 11.3. The molecule has 0 aromatic heterocycles. The molecule has 2 rings (SSSR count). The first-order valence-electron chi connectivity index (χ1n) is 5.83. The van der Waals surface area contributed by atoms with Crippen LogP contribution in [0.25, 0.3) is 0 Å². The van der Waals surface area contributed by atoms with Crippen LogP contribution in [-0.2, 0) is 4.74 Å². The number of benzene rings is 2. The van der Waals surface area contributed by atoms with Crippen LogP contribution >= 0.6 is 0 Å². The number of methoxy groups -OCH3 is 1. The minimum atomic E-state index is -0.743. The van der Waals surface area contributed by atoms with Gasteiger partial charge in [0.05, 0.1) is 12.7 Å². The maximum absolute atomic E-state index is 11.3. The summed E-state index contributed by atoms with van der Waals surface area (Å²) in [6.45, 7) is 0. The zero-order valence-electron chi connectivity index (χ0n) is 10.5. The second-order valence-corrected chi connectivity index (χ2v) is 4.18. The predicted octanol–water partition coefficient (Wildman–Crippen LogP) is 2.14. The average Bonchev–Trinajstić information content (AvgIpc) is 2.46. The van der Waals surface area contributed by atoms with Crippen molar-refractivity contribution in [2.45, 2.75) is 6.10 Å². The van der Waals surface area contributed by atoms with Crippen LogP contribution < -0.4 is 5.73 Å². The zero-order chi connectivity index (χ0) is 13.8. The smallest absolute Gasteiger partial charge is 0.337 e. The topological polar surface area (TPSA) is 72.5 Å².